The molecule has 1 aliphatic rings. The highest BCUT2D eigenvalue weighted by Crippen LogP contribution is 2.35. The fraction of sp³-hybridized carbons (Fsp3) is 0.923. The molecule has 1 unspecified atom stereocenters. The molecule has 1 rings (SSSR count). The number of nitrogens with one attached hydrogen (secondary N) is 1. The van der Waals surface area contributed by atoms with Crippen LogP contribution in [0.2, 0.25) is 0 Å². The lowest BCUT2D eigenvalue weighted by atomic mass is 9.75. The molecule has 1 fully saturated rings. The van der Waals surface area contributed by atoms with Crippen molar-refractivity contribution in [2.24, 2.45) is 11.3 Å². The van der Waals surface area contributed by atoms with Gasteiger partial charge < -0.3 is 5.32 Å². The first-order chi connectivity index (χ1) is 7.46. The van der Waals surface area contributed by atoms with Crippen LogP contribution in [0.3, 0.4) is 0 Å². The molecule has 0 heterocycles. The summed E-state index contributed by atoms with van der Waals surface area (Å²) in [5, 5.41) is 3.04. The maximum absolute atomic E-state index is 12.1. The smallest absolute Gasteiger partial charge is 0.225 e. The van der Waals surface area contributed by atoms with Crippen molar-refractivity contribution in [3.8, 4) is 0 Å². The van der Waals surface area contributed by atoms with Gasteiger partial charge in [0.2, 0.25) is 5.91 Å². The molecule has 1 atom stereocenters. The van der Waals surface area contributed by atoms with E-state index in [1.807, 2.05) is 0 Å². The first-order valence-corrected chi connectivity index (χ1v) is 6.82. The van der Waals surface area contributed by atoms with Gasteiger partial charge >= 0.3 is 0 Å². The van der Waals surface area contributed by atoms with Crippen molar-refractivity contribution >= 4 is 17.5 Å². The number of amides is 1. The van der Waals surface area contributed by atoms with E-state index in [1.54, 1.807) is 0 Å². The van der Waals surface area contributed by atoms with Gasteiger partial charge in [0, 0.05) is 12.0 Å². The van der Waals surface area contributed by atoms with Crippen LogP contribution in [0.15, 0.2) is 0 Å². The van der Waals surface area contributed by atoms with E-state index in [1.165, 1.54) is 19.3 Å². The molecule has 0 aliphatic heterocycles. The average molecular weight is 246 g/mol. The quantitative estimate of drug-likeness (QED) is 0.757. The summed E-state index contributed by atoms with van der Waals surface area (Å²) in [6, 6.07) is 0. The highest BCUT2D eigenvalue weighted by atomic mass is 35.5. The van der Waals surface area contributed by atoms with Crippen LogP contribution in [0.4, 0.5) is 0 Å². The Morgan fingerprint density at radius 1 is 1.31 bits per heavy atom. The van der Waals surface area contributed by atoms with Gasteiger partial charge in [0.25, 0.3) is 0 Å². The molecular formula is C13H24ClNO. The Labute approximate surface area is 104 Å². The maximum Gasteiger partial charge on any atom is 0.225 e. The van der Waals surface area contributed by atoms with Gasteiger partial charge in [-0.05, 0) is 18.8 Å². The topological polar surface area (TPSA) is 29.1 Å². The van der Waals surface area contributed by atoms with Gasteiger partial charge in [0.1, 0.15) is 0 Å². The SMILES string of the molecule is CC(C)C(Cl)CNC(=O)C1(C)CCCCC1. The maximum atomic E-state index is 12.1. The summed E-state index contributed by atoms with van der Waals surface area (Å²) in [5.41, 5.74) is -0.147. The van der Waals surface area contributed by atoms with Crippen molar-refractivity contribution in [3.63, 3.8) is 0 Å². The van der Waals surface area contributed by atoms with Gasteiger partial charge in [-0.3, -0.25) is 4.79 Å². The monoisotopic (exact) mass is 245 g/mol. The molecule has 16 heavy (non-hydrogen) atoms. The van der Waals surface area contributed by atoms with Crippen LogP contribution < -0.4 is 5.32 Å². The Balaban J connectivity index is 2.39. The number of halogens is 1. The van der Waals surface area contributed by atoms with Crippen LogP contribution in [0, 0.1) is 11.3 Å². The lowest BCUT2D eigenvalue weighted by molar-refractivity contribution is -0.131. The zero-order chi connectivity index (χ0) is 12.2. The Hall–Kier alpha value is -0.240. The van der Waals surface area contributed by atoms with E-state index in [2.05, 4.69) is 26.1 Å². The lowest BCUT2D eigenvalue weighted by Gasteiger charge is -2.32. The van der Waals surface area contributed by atoms with Crippen LogP contribution in [-0.4, -0.2) is 17.8 Å². The van der Waals surface area contributed by atoms with E-state index in [4.69, 9.17) is 11.6 Å². The summed E-state index contributed by atoms with van der Waals surface area (Å²) in [7, 11) is 0. The van der Waals surface area contributed by atoms with Crippen molar-refractivity contribution in [2.45, 2.75) is 58.3 Å². The van der Waals surface area contributed by atoms with Gasteiger partial charge in [-0.15, -0.1) is 11.6 Å². The molecule has 1 aliphatic carbocycles. The zero-order valence-electron chi connectivity index (χ0n) is 10.7. The highest BCUT2D eigenvalue weighted by molar-refractivity contribution is 6.21. The van der Waals surface area contributed by atoms with E-state index < -0.39 is 0 Å². The Kier molecular flexibility index (Phi) is 5.10. The summed E-state index contributed by atoms with van der Waals surface area (Å²) in [5.74, 6) is 0.597. The molecule has 0 bridgehead atoms. The fourth-order valence-electron chi connectivity index (χ4n) is 2.20. The van der Waals surface area contributed by atoms with E-state index in [-0.39, 0.29) is 16.7 Å². The van der Waals surface area contributed by atoms with Crippen LogP contribution in [0.5, 0.6) is 0 Å². The van der Waals surface area contributed by atoms with Gasteiger partial charge in [-0.25, -0.2) is 0 Å². The largest absolute Gasteiger partial charge is 0.354 e. The Bertz CT molecular complexity index is 234. The summed E-state index contributed by atoms with van der Waals surface area (Å²) in [6.07, 6.45) is 5.67. The van der Waals surface area contributed by atoms with Crippen LogP contribution in [0.1, 0.15) is 52.9 Å². The Morgan fingerprint density at radius 3 is 2.38 bits per heavy atom. The first kappa shape index (κ1) is 13.8. The number of carbonyl (C=O) groups excluding carboxylic acids is 1. The minimum Gasteiger partial charge on any atom is -0.354 e. The van der Waals surface area contributed by atoms with E-state index >= 15 is 0 Å². The third-order valence-electron chi connectivity index (χ3n) is 3.69. The van der Waals surface area contributed by atoms with Crippen molar-refractivity contribution in [1.82, 2.24) is 5.32 Å². The molecule has 0 aromatic rings. The second-order valence-electron chi connectivity index (χ2n) is 5.59. The molecule has 0 radical (unpaired) electrons. The van der Waals surface area contributed by atoms with Crippen molar-refractivity contribution in [2.75, 3.05) is 6.54 Å². The van der Waals surface area contributed by atoms with Gasteiger partial charge in [0.15, 0.2) is 0 Å². The molecule has 1 N–H and O–H groups in total. The average Bonchev–Trinajstić information content (AvgIpc) is 2.26. The summed E-state index contributed by atoms with van der Waals surface area (Å²) >= 11 is 6.13. The number of hydrogen-bond donors (Lipinski definition) is 1. The van der Waals surface area contributed by atoms with Crippen LogP contribution >= 0.6 is 11.6 Å². The third-order valence-corrected chi connectivity index (χ3v) is 4.34. The van der Waals surface area contributed by atoms with E-state index in [0.717, 1.165) is 12.8 Å². The molecule has 94 valence electrons. The molecule has 0 aromatic carbocycles. The number of carbonyl (C=O) groups is 1. The highest BCUT2D eigenvalue weighted by Gasteiger charge is 2.34. The first-order valence-electron chi connectivity index (χ1n) is 6.38. The molecule has 0 aromatic heterocycles. The number of alkyl halides is 1. The number of hydrogen-bond acceptors (Lipinski definition) is 1. The van der Waals surface area contributed by atoms with Gasteiger partial charge in [0.05, 0.1) is 5.38 Å². The van der Waals surface area contributed by atoms with Crippen LogP contribution in [-0.2, 0) is 4.79 Å². The fourth-order valence-corrected chi connectivity index (χ4v) is 2.28. The Morgan fingerprint density at radius 2 is 1.88 bits per heavy atom. The van der Waals surface area contributed by atoms with Gasteiger partial charge in [-0.2, -0.15) is 0 Å². The molecule has 1 amide bonds. The van der Waals surface area contributed by atoms with Crippen molar-refractivity contribution < 1.29 is 4.79 Å². The summed E-state index contributed by atoms with van der Waals surface area (Å²) in [6.45, 7) is 6.83. The summed E-state index contributed by atoms with van der Waals surface area (Å²) < 4.78 is 0. The molecular weight excluding hydrogens is 222 g/mol. The van der Waals surface area contributed by atoms with Crippen LogP contribution in [0.25, 0.3) is 0 Å². The van der Waals surface area contributed by atoms with Crippen molar-refractivity contribution in [3.05, 3.63) is 0 Å². The predicted octanol–water partition coefficient (Wildman–Crippen LogP) is 3.34. The standard InChI is InChI=1S/C13H24ClNO/c1-10(2)11(14)9-15-12(16)13(3)7-5-4-6-8-13/h10-11H,4-9H2,1-3H3,(H,15,16). The molecule has 0 spiro atoms. The van der Waals surface area contributed by atoms with E-state index in [9.17, 15) is 4.79 Å². The van der Waals surface area contributed by atoms with E-state index in [0.29, 0.717) is 12.5 Å². The molecule has 0 saturated heterocycles. The zero-order valence-corrected chi connectivity index (χ0v) is 11.4. The minimum absolute atomic E-state index is 0.0381. The second-order valence-corrected chi connectivity index (χ2v) is 6.15. The molecule has 3 heteroatoms. The lowest BCUT2D eigenvalue weighted by Crippen LogP contribution is -2.43. The summed E-state index contributed by atoms with van der Waals surface area (Å²) in [4.78, 5) is 12.1. The molecule has 1 saturated carbocycles. The third kappa shape index (κ3) is 3.65. The van der Waals surface area contributed by atoms with Crippen molar-refractivity contribution in [1.29, 1.82) is 0 Å². The minimum atomic E-state index is -0.147. The van der Waals surface area contributed by atoms with Gasteiger partial charge in [-0.1, -0.05) is 40.0 Å². The molecule has 2 nitrogen and oxygen atoms in total. The number of rotatable bonds is 4. The normalized spacial score (nSPS) is 21.8. The second kappa shape index (κ2) is 5.90. The predicted molar refractivity (Wildman–Crippen MR) is 68.7 cm³/mol.